The number of hydrogen-bond acceptors (Lipinski definition) is 7. The van der Waals surface area contributed by atoms with Crippen LogP contribution in [-0.2, 0) is 16.2 Å². The van der Waals surface area contributed by atoms with Crippen LogP contribution in [0, 0.1) is 0 Å². The lowest BCUT2D eigenvalue weighted by molar-refractivity contribution is -0.139. The minimum Gasteiger partial charge on any atom is -0.352 e. The summed E-state index contributed by atoms with van der Waals surface area (Å²) in [5, 5.41) is 8.93. The van der Waals surface area contributed by atoms with Crippen LogP contribution >= 0.6 is 11.6 Å². The molecular weight excluding hydrogens is 507 g/mol. The van der Waals surface area contributed by atoms with Crippen molar-refractivity contribution in [1.29, 1.82) is 0 Å². The Morgan fingerprint density at radius 3 is 2.29 bits per heavy atom. The molecule has 1 saturated heterocycles. The normalized spacial score (nSPS) is 15.6. The van der Waals surface area contributed by atoms with Gasteiger partial charge in [-0.3, -0.25) is 0 Å². The summed E-state index contributed by atoms with van der Waals surface area (Å²) in [5.74, 6) is 0.461. The fraction of sp³-hybridized carbons (Fsp3) is 0.238. The van der Waals surface area contributed by atoms with E-state index in [0.717, 1.165) is 22.5 Å². The average molecular weight is 524 g/mol. The monoisotopic (exact) mass is 523 g/mol. The SMILES string of the molecule is O=S(=O)(c1ccccc1C(F)(F)F)N1CCN(c2ncnc3c2nnn3-c2ccc(Cl)cc2)CC1. The van der Waals surface area contributed by atoms with Gasteiger partial charge in [-0.1, -0.05) is 28.9 Å². The van der Waals surface area contributed by atoms with Crippen molar-refractivity contribution in [1.82, 2.24) is 29.3 Å². The number of nitrogens with zero attached hydrogens (tertiary/aromatic N) is 7. The van der Waals surface area contributed by atoms with Crippen LogP contribution in [0.5, 0.6) is 0 Å². The number of piperazine rings is 1. The molecule has 0 amide bonds. The van der Waals surface area contributed by atoms with Crippen molar-refractivity contribution < 1.29 is 21.6 Å². The predicted molar refractivity (Wildman–Crippen MR) is 122 cm³/mol. The van der Waals surface area contributed by atoms with Gasteiger partial charge < -0.3 is 4.90 Å². The third-order valence-corrected chi connectivity index (χ3v) is 7.85. The predicted octanol–water partition coefficient (Wildman–Crippen LogP) is 3.39. The average Bonchev–Trinajstić information content (AvgIpc) is 3.28. The van der Waals surface area contributed by atoms with Crippen LogP contribution in [-0.4, -0.2) is 63.9 Å². The Balaban J connectivity index is 1.40. The molecule has 1 fully saturated rings. The first-order valence-corrected chi connectivity index (χ1v) is 12.2. The van der Waals surface area contributed by atoms with Crippen LogP contribution in [0.15, 0.2) is 59.8 Å². The van der Waals surface area contributed by atoms with Crippen molar-refractivity contribution in [3.05, 3.63) is 65.4 Å². The highest BCUT2D eigenvalue weighted by molar-refractivity contribution is 7.89. The van der Waals surface area contributed by atoms with Crippen LogP contribution in [0.2, 0.25) is 5.02 Å². The molecule has 0 aliphatic carbocycles. The molecule has 2 aromatic carbocycles. The molecule has 0 saturated carbocycles. The largest absolute Gasteiger partial charge is 0.417 e. The minimum atomic E-state index is -4.78. The van der Waals surface area contributed by atoms with Gasteiger partial charge in [0.05, 0.1) is 16.1 Å². The lowest BCUT2D eigenvalue weighted by atomic mass is 10.2. The molecule has 3 heterocycles. The van der Waals surface area contributed by atoms with Gasteiger partial charge in [-0.15, -0.1) is 5.10 Å². The summed E-state index contributed by atoms with van der Waals surface area (Å²) >= 11 is 5.95. The van der Waals surface area contributed by atoms with E-state index in [1.807, 2.05) is 4.90 Å². The summed E-state index contributed by atoms with van der Waals surface area (Å²) < 4.78 is 68.9. The van der Waals surface area contributed by atoms with Crippen molar-refractivity contribution in [2.45, 2.75) is 11.1 Å². The molecule has 0 spiro atoms. The minimum absolute atomic E-state index is 0.0225. The Morgan fingerprint density at radius 1 is 0.914 bits per heavy atom. The topological polar surface area (TPSA) is 97.1 Å². The fourth-order valence-corrected chi connectivity index (χ4v) is 5.69. The standard InChI is InChI=1S/C21H17ClF3N7O2S/c22-14-5-7-15(8-6-14)32-20-18(28-29-32)19(26-13-27-20)30-9-11-31(12-10-30)35(33,34)17-4-2-1-3-16(17)21(23,24)25/h1-8,13H,9-12H2. The van der Waals surface area contributed by atoms with Crippen molar-refractivity contribution in [2.24, 2.45) is 0 Å². The third kappa shape index (κ3) is 4.30. The Kier molecular flexibility index (Phi) is 5.85. The molecule has 4 aromatic rings. The number of aromatic nitrogens is 5. The van der Waals surface area contributed by atoms with Gasteiger partial charge in [0.15, 0.2) is 17.0 Å². The Labute approximate surface area is 202 Å². The van der Waals surface area contributed by atoms with Gasteiger partial charge in [-0.05, 0) is 36.4 Å². The van der Waals surface area contributed by atoms with Gasteiger partial charge in [-0.2, -0.15) is 22.2 Å². The van der Waals surface area contributed by atoms with Crippen molar-refractivity contribution in [2.75, 3.05) is 31.1 Å². The van der Waals surface area contributed by atoms with Gasteiger partial charge in [0.2, 0.25) is 10.0 Å². The van der Waals surface area contributed by atoms with E-state index in [0.29, 0.717) is 27.7 Å². The molecule has 14 heteroatoms. The van der Waals surface area contributed by atoms with E-state index in [-0.39, 0.29) is 26.2 Å². The molecule has 2 aromatic heterocycles. The van der Waals surface area contributed by atoms with Crippen molar-refractivity contribution in [3.8, 4) is 5.69 Å². The maximum atomic E-state index is 13.4. The van der Waals surface area contributed by atoms with Crippen molar-refractivity contribution in [3.63, 3.8) is 0 Å². The van der Waals surface area contributed by atoms with Crippen LogP contribution in [0.25, 0.3) is 16.9 Å². The highest BCUT2D eigenvalue weighted by Gasteiger charge is 2.39. The van der Waals surface area contributed by atoms with Crippen LogP contribution in [0.4, 0.5) is 19.0 Å². The zero-order valence-electron chi connectivity index (χ0n) is 17.9. The number of anilines is 1. The first kappa shape index (κ1) is 23.5. The quantitative estimate of drug-likeness (QED) is 0.404. The highest BCUT2D eigenvalue weighted by atomic mass is 35.5. The highest BCUT2D eigenvalue weighted by Crippen LogP contribution is 2.35. The summed E-state index contributed by atoms with van der Waals surface area (Å²) in [6, 6.07) is 11.1. The number of sulfonamides is 1. The molecule has 1 aliphatic rings. The molecule has 0 N–H and O–H groups in total. The van der Waals surface area contributed by atoms with Crippen LogP contribution < -0.4 is 4.90 Å². The molecule has 0 radical (unpaired) electrons. The third-order valence-electron chi connectivity index (χ3n) is 5.64. The number of halogens is 4. The Bertz CT molecular complexity index is 1490. The number of alkyl halides is 3. The molecular formula is C21H17ClF3N7O2S. The van der Waals surface area contributed by atoms with Crippen LogP contribution in [0.3, 0.4) is 0 Å². The smallest absolute Gasteiger partial charge is 0.352 e. The Hall–Kier alpha value is -3.29. The number of benzene rings is 2. The fourth-order valence-electron chi connectivity index (χ4n) is 3.93. The van der Waals surface area contributed by atoms with Gasteiger partial charge >= 0.3 is 6.18 Å². The van der Waals surface area contributed by atoms with E-state index in [1.54, 1.807) is 24.3 Å². The summed E-state index contributed by atoms with van der Waals surface area (Å²) in [6.07, 6.45) is -3.43. The zero-order valence-corrected chi connectivity index (χ0v) is 19.5. The van der Waals surface area contributed by atoms with Crippen LogP contribution in [0.1, 0.15) is 5.56 Å². The number of hydrogen-bond donors (Lipinski definition) is 0. The maximum absolute atomic E-state index is 13.4. The summed E-state index contributed by atoms with van der Waals surface area (Å²) in [5.41, 5.74) is 0.382. The second-order valence-electron chi connectivity index (χ2n) is 7.73. The maximum Gasteiger partial charge on any atom is 0.417 e. The first-order chi connectivity index (χ1) is 16.7. The molecule has 0 bridgehead atoms. The molecule has 35 heavy (non-hydrogen) atoms. The summed E-state index contributed by atoms with van der Waals surface area (Å²) in [7, 11) is -4.35. The zero-order chi connectivity index (χ0) is 24.8. The first-order valence-electron chi connectivity index (χ1n) is 10.4. The molecule has 0 atom stereocenters. The van der Waals surface area contributed by atoms with E-state index in [2.05, 4.69) is 20.3 Å². The van der Waals surface area contributed by atoms with E-state index >= 15 is 0 Å². The van der Waals surface area contributed by atoms with E-state index in [9.17, 15) is 21.6 Å². The second kappa shape index (κ2) is 8.73. The van der Waals surface area contributed by atoms with Gasteiger partial charge in [0.1, 0.15) is 6.33 Å². The molecule has 5 rings (SSSR count). The van der Waals surface area contributed by atoms with Crippen molar-refractivity contribution >= 4 is 38.6 Å². The van der Waals surface area contributed by atoms with Gasteiger partial charge in [-0.25, -0.2) is 18.4 Å². The van der Waals surface area contributed by atoms with Gasteiger partial charge in [0, 0.05) is 31.2 Å². The lowest BCUT2D eigenvalue weighted by Crippen LogP contribution is -2.49. The summed E-state index contributed by atoms with van der Waals surface area (Å²) in [6.45, 7) is 0.358. The molecule has 182 valence electrons. The molecule has 1 aliphatic heterocycles. The molecule has 0 unspecified atom stereocenters. The molecule has 9 nitrogen and oxygen atoms in total. The second-order valence-corrected chi connectivity index (χ2v) is 10.1. The number of rotatable bonds is 4. The van der Waals surface area contributed by atoms with E-state index < -0.39 is 26.7 Å². The van der Waals surface area contributed by atoms with E-state index in [1.165, 1.54) is 17.1 Å². The number of fused-ring (bicyclic) bond motifs is 1. The van der Waals surface area contributed by atoms with Gasteiger partial charge in [0.25, 0.3) is 0 Å². The van der Waals surface area contributed by atoms with E-state index in [4.69, 9.17) is 11.6 Å². The summed E-state index contributed by atoms with van der Waals surface area (Å²) in [4.78, 5) is 9.64. The Morgan fingerprint density at radius 2 is 1.60 bits per heavy atom. The lowest BCUT2D eigenvalue weighted by Gasteiger charge is -2.34.